The molecule has 1 atom stereocenters. The summed E-state index contributed by atoms with van der Waals surface area (Å²) in [6, 6.07) is 5.83. The minimum absolute atomic E-state index is 0.0984. The van der Waals surface area contributed by atoms with Crippen molar-refractivity contribution in [2.75, 3.05) is 5.75 Å². The molecule has 2 aliphatic rings. The lowest BCUT2D eigenvalue weighted by molar-refractivity contribution is -0.116. The van der Waals surface area contributed by atoms with Gasteiger partial charge in [0, 0.05) is 15.4 Å². The monoisotopic (exact) mass is 422 g/mol. The van der Waals surface area contributed by atoms with Crippen LogP contribution >= 0.6 is 27.7 Å². The van der Waals surface area contributed by atoms with Crippen LogP contribution in [-0.4, -0.2) is 28.0 Å². The van der Waals surface area contributed by atoms with Crippen LogP contribution < -0.4 is 15.9 Å². The predicted molar refractivity (Wildman–Crippen MR) is 106 cm³/mol. The van der Waals surface area contributed by atoms with Crippen molar-refractivity contribution in [2.24, 2.45) is 10.1 Å². The number of amides is 1. The average molecular weight is 423 g/mol. The van der Waals surface area contributed by atoms with Gasteiger partial charge < -0.3 is 0 Å². The number of carbonyl (C=O) groups excluding carboxylic acids is 1. The van der Waals surface area contributed by atoms with E-state index >= 15 is 0 Å². The Hall–Kier alpha value is -1.34. The highest BCUT2D eigenvalue weighted by Gasteiger charge is 2.32. The van der Waals surface area contributed by atoms with Gasteiger partial charge >= 0.3 is 0 Å². The van der Waals surface area contributed by atoms with Crippen LogP contribution in [0.15, 0.2) is 32.8 Å². The number of thioether (sulfide) groups is 1. The minimum atomic E-state index is -0.134. The van der Waals surface area contributed by atoms with E-state index in [9.17, 15) is 4.79 Å². The highest BCUT2D eigenvalue weighted by atomic mass is 79.9. The summed E-state index contributed by atoms with van der Waals surface area (Å²) in [5.74, 6) is 0.872. The topological polar surface area (TPSA) is 57.1 Å². The van der Waals surface area contributed by atoms with E-state index in [0.717, 1.165) is 33.6 Å². The Balaban J connectivity index is 1.88. The largest absolute Gasteiger partial charge is 0.298 e. The molecule has 1 amide bonds. The van der Waals surface area contributed by atoms with Crippen LogP contribution in [0, 0.1) is 0 Å². The van der Waals surface area contributed by atoms with Crippen molar-refractivity contribution in [2.45, 2.75) is 52.1 Å². The normalized spacial score (nSPS) is 18.9. The lowest BCUT2D eigenvalue weighted by atomic mass is 10.1. The first kappa shape index (κ1) is 18.5. The number of fused-ring (bicyclic) bond motifs is 2. The Bertz CT molecular complexity index is 808. The van der Waals surface area contributed by atoms with Gasteiger partial charge in [0.2, 0.25) is 0 Å². The molecule has 3 rings (SSSR count). The lowest BCUT2D eigenvalue weighted by Gasteiger charge is -2.33. The molecule has 0 radical (unpaired) electrons. The van der Waals surface area contributed by atoms with E-state index in [2.05, 4.69) is 40.2 Å². The molecule has 134 valence electrons. The first-order valence-corrected chi connectivity index (χ1v) is 10.6. The number of hydrogen-bond acceptors (Lipinski definition) is 5. The molecule has 1 N–H and O–H groups in total. The molecule has 2 heterocycles. The SMILES string of the molecule is CCCCCCSC1=NN2C(=c3cc(Br)ccc3=N[C@H]2CC)C(=O)N1. The van der Waals surface area contributed by atoms with Gasteiger partial charge in [0.1, 0.15) is 11.9 Å². The van der Waals surface area contributed by atoms with Crippen LogP contribution in [0.25, 0.3) is 5.70 Å². The number of carbonyl (C=O) groups is 1. The number of hydrogen-bond donors (Lipinski definition) is 1. The number of nitrogens with zero attached hydrogens (tertiary/aromatic N) is 3. The second kappa shape index (κ2) is 8.36. The zero-order valence-electron chi connectivity index (χ0n) is 14.6. The maximum atomic E-state index is 12.8. The summed E-state index contributed by atoms with van der Waals surface area (Å²) in [5.41, 5.74) is 0.591. The van der Waals surface area contributed by atoms with Gasteiger partial charge in [0.25, 0.3) is 5.91 Å². The van der Waals surface area contributed by atoms with E-state index in [1.54, 1.807) is 16.8 Å². The number of hydrazone groups is 1. The van der Waals surface area contributed by atoms with Gasteiger partial charge in [-0.1, -0.05) is 60.8 Å². The number of benzene rings is 1. The zero-order valence-corrected chi connectivity index (χ0v) is 17.0. The molecule has 0 bridgehead atoms. The first-order valence-electron chi connectivity index (χ1n) is 8.83. The molecule has 0 spiro atoms. The Kier molecular flexibility index (Phi) is 6.17. The van der Waals surface area contributed by atoms with Gasteiger partial charge in [-0.15, -0.1) is 5.10 Å². The molecule has 0 aromatic heterocycles. The molecule has 0 unspecified atom stereocenters. The minimum Gasteiger partial charge on any atom is -0.298 e. The molecule has 5 nitrogen and oxygen atoms in total. The molecule has 2 aliphatic heterocycles. The third-order valence-electron chi connectivity index (χ3n) is 4.25. The van der Waals surface area contributed by atoms with E-state index in [-0.39, 0.29) is 12.1 Å². The number of amidine groups is 1. The van der Waals surface area contributed by atoms with Crippen LogP contribution in [-0.2, 0) is 4.79 Å². The predicted octanol–water partition coefficient (Wildman–Crippen LogP) is 2.94. The molecule has 7 heteroatoms. The van der Waals surface area contributed by atoms with E-state index < -0.39 is 0 Å². The fraction of sp³-hybridized carbons (Fsp3) is 0.500. The number of halogens is 1. The molecule has 25 heavy (non-hydrogen) atoms. The first-order chi connectivity index (χ1) is 12.1. The Morgan fingerprint density at radius 3 is 2.88 bits per heavy atom. The summed E-state index contributed by atoms with van der Waals surface area (Å²) in [6.07, 6.45) is 5.51. The van der Waals surface area contributed by atoms with Crippen molar-refractivity contribution in [3.63, 3.8) is 0 Å². The highest BCUT2D eigenvalue weighted by molar-refractivity contribution is 9.10. The second-order valence-electron chi connectivity index (χ2n) is 6.14. The van der Waals surface area contributed by atoms with Gasteiger partial charge in [-0.2, -0.15) is 0 Å². The van der Waals surface area contributed by atoms with E-state index in [0.29, 0.717) is 10.9 Å². The third kappa shape index (κ3) is 4.08. The molecule has 1 aromatic rings. The molecule has 0 saturated heterocycles. The van der Waals surface area contributed by atoms with Crippen LogP contribution in [0.4, 0.5) is 0 Å². The summed E-state index contributed by atoms with van der Waals surface area (Å²) in [5, 5.41) is 11.8. The van der Waals surface area contributed by atoms with Crippen LogP contribution in [0.1, 0.15) is 46.0 Å². The van der Waals surface area contributed by atoms with E-state index in [4.69, 9.17) is 4.99 Å². The van der Waals surface area contributed by atoms with Crippen molar-refractivity contribution in [3.8, 4) is 0 Å². The standard InChI is InChI=1S/C18H23BrN4OS/c1-3-5-6-7-10-25-18-21-17(24)16-13-11-12(19)8-9-14(13)20-15(4-2)23(16)22-18/h8-9,11,15H,3-7,10H2,1-2H3,(H,21,22,24)/t15-/m1/s1. The van der Waals surface area contributed by atoms with Gasteiger partial charge in [-0.25, -0.2) is 5.01 Å². The third-order valence-corrected chi connectivity index (χ3v) is 5.69. The summed E-state index contributed by atoms with van der Waals surface area (Å²) >= 11 is 5.10. The lowest BCUT2D eigenvalue weighted by Crippen LogP contribution is -2.52. The van der Waals surface area contributed by atoms with Crippen molar-refractivity contribution >= 4 is 44.5 Å². The van der Waals surface area contributed by atoms with Crippen LogP contribution in [0.2, 0.25) is 0 Å². The Labute approximate surface area is 160 Å². The van der Waals surface area contributed by atoms with Crippen LogP contribution in [0.3, 0.4) is 0 Å². The maximum Gasteiger partial charge on any atom is 0.276 e. The number of nitrogens with one attached hydrogen (secondary N) is 1. The van der Waals surface area contributed by atoms with E-state index in [1.165, 1.54) is 19.3 Å². The summed E-state index contributed by atoms with van der Waals surface area (Å²) in [6.45, 7) is 4.27. The van der Waals surface area contributed by atoms with Gasteiger partial charge in [-0.05, 0) is 31.0 Å². The summed E-state index contributed by atoms with van der Waals surface area (Å²) < 4.78 is 0.928. The smallest absolute Gasteiger partial charge is 0.276 e. The molecule has 0 fully saturated rings. The summed E-state index contributed by atoms with van der Waals surface area (Å²) in [4.78, 5) is 17.5. The molecule has 0 aliphatic carbocycles. The number of rotatable bonds is 6. The number of unbranched alkanes of at least 4 members (excludes halogenated alkanes) is 3. The quantitative estimate of drug-likeness (QED) is 0.716. The summed E-state index contributed by atoms with van der Waals surface area (Å²) in [7, 11) is 0. The zero-order chi connectivity index (χ0) is 17.8. The second-order valence-corrected chi connectivity index (χ2v) is 8.14. The van der Waals surface area contributed by atoms with Crippen molar-refractivity contribution < 1.29 is 4.79 Å². The Morgan fingerprint density at radius 2 is 2.12 bits per heavy atom. The van der Waals surface area contributed by atoms with Gasteiger partial charge in [0.15, 0.2) is 5.17 Å². The van der Waals surface area contributed by atoms with Gasteiger partial charge in [-0.3, -0.25) is 15.1 Å². The maximum absolute atomic E-state index is 12.8. The highest BCUT2D eigenvalue weighted by Crippen LogP contribution is 2.22. The fourth-order valence-corrected chi connectivity index (χ4v) is 4.16. The van der Waals surface area contributed by atoms with E-state index in [1.807, 2.05) is 18.2 Å². The molecular weight excluding hydrogens is 400 g/mol. The van der Waals surface area contributed by atoms with Crippen LogP contribution in [0.5, 0.6) is 0 Å². The molecular formula is C18H23BrN4OS. The molecule has 0 saturated carbocycles. The van der Waals surface area contributed by atoms with Gasteiger partial charge in [0.05, 0.1) is 5.36 Å². The average Bonchev–Trinajstić information content (AvgIpc) is 2.60. The fourth-order valence-electron chi connectivity index (χ4n) is 2.95. The van der Waals surface area contributed by atoms with Crippen molar-refractivity contribution in [1.82, 2.24) is 10.3 Å². The molecule has 1 aromatic carbocycles. The van der Waals surface area contributed by atoms with Crippen molar-refractivity contribution in [1.29, 1.82) is 0 Å². The Morgan fingerprint density at radius 1 is 1.28 bits per heavy atom. The van der Waals surface area contributed by atoms with Crippen molar-refractivity contribution in [3.05, 3.63) is 33.2 Å².